The van der Waals surface area contributed by atoms with Gasteiger partial charge in [-0.1, -0.05) is 60.7 Å². The van der Waals surface area contributed by atoms with Crippen LogP contribution in [0.5, 0.6) is 0 Å². The maximum absolute atomic E-state index is 15.9. The molecule has 2 heterocycles. The molecule has 0 aliphatic carbocycles. The molecule has 0 aliphatic heterocycles. The van der Waals surface area contributed by atoms with Crippen LogP contribution in [0.2, 0.25) is 0 Å². The zero-order valence-corrected chi connectivity index (χ0v) is 24.9. The molecule has 8 rings (SSSR count). The summed E-state index contributed by atoms with van der Waals surface area (Å²) < 4.78 is 50.7. The van der Waals surface area contributed by atoms with Gasteiger partial charge in [0.1, 0.15) is 5.56 Å². The molecule has 0 amide bonds. The average molecular weight is 628 g/mol. The van der Waals surface area contributed by atoms with E-state index in [0.29, 0.717) is 60.7 Å². The standard InChI is InChI=1S/C40H20F3N5/c41-40(42,43)39-37(47-33-10-3-1-8-29(33)31-14-12-25(22-45)17-35(31)47)19-28(27-7-5-6-24(16-27)21-44)20-38(39)48-34-11-4-2-9-30(34)32-15-13-26(23-46)18-36(32)48/h1-20H. The van der Waals surface area contributed by atoms with Crippen LogP contribution in [0.3, 0.4) is 0 Å². The van der Waals surface area contributed by atoms with Gasteiger partial charge in [0.05, 0.1) is 68.3 Å². The first-order valence-corrected chi connectivity index (χ1v) is 14.9. The third-order valence-electron chi connectivity index (χ3n) is 8.79. The SMILES string of the molecule is N#Cc1cccc(-c2cc(-n3c4ccccc4c4ccc(C#N)cc43)c(C(F)(F)F)c(-n3c4ccccc4c4ccc(C#N)cc43)c2)c1. The Kier molecular flexibility index (Phi) is 6.34. The zero-order valence-electron chi connectivity index (χ0n) is 24.9. The van der Waals surface area contributed by atoms with E-state index in [-0.39, 0.29) is 11.4 Å². The molecule has 0 unspecified atom stereocenters. The van der Waals surface area contributed by atoms with Crippen molar-refractivity contribution in [2.45, 2.75) is 6.18 Å². The molecule has 8 heteroatoms. The summed E-state index contributed by atoms with van der Waals surface area (Å²) in [7, 11) is 0. The summed E-state index contributed by atoms with van der Waals surface area (Å²) in [4.78, 5) is 0. The van der Waals surface area contributed by atoms with Gasteiger partial charge in [-0.2, -0.15) is 29.0 Å². The quantitative estimate of drug-likeness (QED) is 0.195. The number of nitriles is 3. The Labute approximate surface area is 271 Å². The van der Waals surface area contributed by atoms with Crippen molar-refractivity contribution in [1.82, 2.24) is 9.13 Å². The van der Waals surface area contributed by atoms with Gasteiger partial charge in [-0.15, -0.1) is 0 Å². The molecule has 0 spiro atoms. The second-order valence-electron chi connectivity index (χ2n) is 11.5. The molecule has 0 aliphatic rings. The van der Waals surface area contributed by atoms with Crippen LogP contribution in [-0.4, -0.2) is 9.13 Å². The summed E-state index contributed by atoms with van der Waals surface area (Å²) in [5.74, 6) is 0. The lowest BCUT2D eigenvalue weighted by Gasteiger charge is -2.23. The number of fused-ring (bicyclic) bond motifs is 6. The number of benzene rings is 6. The van der Waals surface area contributed by atoms with Gasteiger partial charge in [-0.05, 0) is 71.8 Å². The van der Waals surface area contributed by atoms with Gasteiger partial charge in [0, 0.05) is 21.5 Å². The van der Waals surface area contributed by atoms with Crippen molar-refractivity contribution in [2.75, 3.05) is 0 Å². The molecular weight excluding hydrogens is 607 g/mol. The third-order valence-corrected chi connectivity index (χ3v) is 8.79. The van der Waals surface area contributed by atoms with Crippen molar-refractivity contribution in [3.8, 4) is 40.7 Å². The van der Waals surface area contributed by atoms with E-state index < -0.39 is 11.7 Å². The Bertz CT molecular complexity index is 2610. The number of halogens is 3. The molecule has 5 nitrogen and oxygen atoms in total. The van der Waals surface area contributed by atoms with Crippen molar-refractivity contribution in [2.24, 2.45) is 0 Å². The lowest BCUT2D eigenvalue weighted by atomic mass is 9.98. The number of para-hydroxylation sites is 2. The van der Waals surface area contributed by atoms with Crippen molar-refractivity contribution < 1.29 is 13.2 Å². The first kappa shape index (κ1) is 28.6. The molecule has 48 heavy (non-hydrogen) atoms. The zero-order chi connectivity index (χ0) is 33.2. The predicted octanol–water partition coefficient (Wildman–Crippen LogP) is 10.2. The molecule has 0 fully saturated rings. The maximum atomic E-state index is 15.9. The summed E-state index contributed by atoms with van der Waals surface area (Å²) in [6, 6.07) is 40.6. The van der Waals surface area contributed by atoms with Gasteiger partial charge in [0.25, 0.3) is 0 Å². The molecular formula is C40H20F3N5. The van der Waals surface area contributed by atoms with Gasteiger partial charge in [0.2, 0.25) is 0 Å². The largest absolute Gasteiger partial charge is 0.420 e. The molecule has 0 bridgehead atoms. The number of aromatic nitrogens is 2. The van der Waals surface area contributed by atoms with E-state index in [2.05, 4.69) is 18.2 Å². The second-order valence-corrected chi connectivity index (χ2v) is 11.5. The Morgan fingerprint density at radius 3 is 1.38 bits per heavy atom. The van der Waals surface area contributed by atoms with Crippen molar-refractivity contribution >= 4 is 43.6 Å². The Hall–Kier alpha value is -6.82. The van der Waals surface area contributed by atoms with Gasteiger partial charge in [-0.3, -0.25) is 0 Å². The summed E-state index contributed by atoms with van der Waals surface area (Å²) in [5, 5.41) is 32.1. The van der Waals surface area contributed by atoms with Gasteiger partial charge in [-0.25, -0.2) is 0 Å². The molecule has 0 radical (unpaired) electrons. The molecule has 0 saturated carbocycles. The van der Waals surface area contributed by atoms with E-state index in [4.69, 9.17) is 0 Å². The van der Waals surface area contributed by atoms with Crippen LogP contribution in [0, 0.1) is 34.0 Å². The summed E-state index contributed by atoms with van der Waals surface area (Å²) in [6.45, 7) is 0. The lowest BCUT2D eigenvalue weighted by molar-refractivity contribution is -0.137. The Balaban J connectivity index is 1.62. The molecule has 8 aromatic rings. The lowest BCUT2D eigenvalue weighted by Crippen LogP contribution is -2.16. The molecule has 0 N–H and O–H groups in total. The number of hydrogen-bond donors (Lipinski definition) is 0. The van der Waals surface area contributed by atoms with Crippen LogP contribution in [0.1, 0.15) is 22.3 Å². The first-order valence-electron chi connectivity index (χ1n) is 14.9. The second kappa shape index (κ2) is 10.6. The molecule has 0 atom stereocenters. The third kappa shape index (κ3) is 4.31. The fourth-order valence-corrected chi connectivity index (χ4v) is 6.79. The van der Waals surface area contributed by atoms with E-state index in [1.54, 1.807) is 94.1 Å². The molecule has 6 aromatic carbocycles. The summed E-state index contributed by atoms with van der Waals surface area (Å²) in [6.07, 6.45) is -4.85. The van der Waals surface area contributed by atoms with Gasteiger partial charge >= 0.3 is 6.18 Å². The van der Waals surface area contributed by atoms with E-state index in [0.717, 1.165) is 10.8 Å². The number of nitrogens with zero attached hydrogens (tertiary/aromatic N) is 5. The van der Waals surface area contributed by atoms with Crippen molar-refractivity contribution in [1.29, 1.82) is 15.8 Å². The monoisotopic (exact) mass is 627 g/mol. The number of hydrogen-bond acceptors (Lipinski definition) is 3. The van der Waals surface area contributed by atoms with Gasteiger partial charge < -0.3 is 9.13 Å². The average Bonchev–Trinajstić information content (AvgIpc) is 3.62. The van der Waals surface area contributed by atoms with Crippen molar-refractivity contribution in [3.63, 3.8) is 0 Å². The van der Waals surface area contributed by atoms with Gasteiger partial charge in [0.15, 0.2) is 0 Å². The van der Waals surface area contributed by atoms with Crippen LogP contribution in [0.4, 0.5) is 13.2 Å². The highest BCUT2D eigenvalue weighted by Crippen LogP contribution is 2.46. The Morgan fingerprint density at radius 2 is 0.896 bits per heavy atom. The van der Waals surface area contributed by atoms with Crippen LogP contribution in [0.25, 0.3) is 66.1 Å². The topological polar surface area (TPSA) is 81.2 Å². The normalized spacial score (nSPS) is 11.6. The minimum atomic E-state index is -4.85. The minimum absolute atomic E-state index is 0.138. The highest BCUT2D eigenvalue weighted by molar-refractivity contribution is 6.11. The van der Waals surface area contributed by atoms with E-state index >= 15 is 13.2 Å². The van der Waals surface area contributed by atoms with Crippen LogP contribution < -0.4 is 0 Å². The molecule has 0 saturated heterocycles. The Morgan fingerprint density at radius 1 is 0.438 bits per heavy atom. The smallest absolute Gasteiger partial charge is 0.308 e. The highest BCUT2D eigenvalue weighted by Gasteiger charge is 2.39. The number of alkyl halides is 3. The number of rotatable bonds is 3. The molecule has 226 valence electrons. The summed E-state index contributed by atoms with van der Waals surface area (Å²) in [5.41, 5.74) is 2.80. The van der Waals surface area contributed by atoms with E-state index in [1.165, 1.54) is 12.1 Å². The van der Waals surface area contributed by atoms with Crippen LogP contribution in [-0.2, 0) is 6.18 Å². The van der Waals surface area contributed by atoms with Crippen LogP contribution >= 0.6 is 0 Å². The fourth-order valence-electron chi connectivity index (χ4n) is 6.79. The minimum Gasteiger partial charge on any atom is -0.308 e. The molecule has 2 aromatic heterocycles. The van der Waals surface area contributed by atoms with E-state index in [1.807, 2.05) is 24.3 Å². The van der Waals surface area contributed by atoms with Crippen LogP contribution in [0.15, 0.2) is 121 Å². The van der Waals surface area contributed by atoms with Crippen molar-refractivity contribution in [3.05, 3.63) is 144 Å². The fraction of sp³-hybridized carbons (Fsp3) is 0.0250. The van der Waals surface area contributed by atoms with E-state index in [9.17, 15) is 15.8 Å². The highest BCUT2D eigenvalue weighted by atomic mass is 19.4. The predicted molar refractivity (Wildman–Crippen MR) is 180 cm³/mol. The summed E-state index contributed by atoms with van der Waals surface area (Å²) >= 11 is 0. The maximum Gasteiger partial charge on any atom is 0.420 e. The first-order chi connectivity index (χ1) is 23.3.